The number of hydrogen-bond donors (Lipinski definition) is 3. The molecule has 1 heterocycles. The molecule has 0 aliphatic heterocycles. The van der Waals surface area contributed by atoms with Gasteiger partial charge >= 0.3 is 0 Å². The van der Waals surface area contributed by atoms with Crippen LogP contribution in [0.1, 0.15) is 17.3 Å². The molecule has 1 unspecified atom stereocenters. The van der Waals surface area contributed by atoms with E-state index >= 15 is 0 Å². The van der Waals surface area contributed by atoms with Crippen molar-refractivity contribution in [3.8, 4) is 5.06 Å². The highest BCUT2D eigenvalue weighted by Gasteiger charge is 2.07. The van der Waals surface area contributed by atoms with Crippen LogP contribution in [-0.4, -0.2) is 16.8 Å². The van der Waals surface area contributed by atoms with Gasteiger partial charge in [0.1, 0.15) is 0 Å². The Bertz CT molecular complexity index is 224. The lowest BCUT2D eigenvalue weighted by molar-refractivity contribution is 0.277. The van der Waals surface area contributed by atoms with Gasteiger partial charge in [0.25, 0.3) is 0 Å². The third-order valence-corrected chi connectivity index (χ3v) is 2.44. The van der Waals surface area contributed by atoms with Crippen molar-refractivity contribution in [3.63, 3.8) is 0 Å². The molecule has 4 heteroatoms. The van der Waals surface area contributed by atoms with Gasteiger partial charge in [0, 0.05) is 17.5 Å². The summed E-state index contributed by atoms with van der Waals surface area (Å²) in [7, 11) is 0. The molecule has 0 bridgehead atoms. The molecular formula is C7H11NO2S. The van der Waals surface area contributed by atoms with Crippen molar-refractivity contribution in [2.45, 2.75) is 12.5 Å². The highest BCUT2D eigenvalue weighted by molar-refractivity contribution is 7.13. The molecule has 1 rings (SSSR count). The summed E-state index contributed by atoms with van der Waals surface area (Å²) < 4.78 is 0. The van der Waals surface area contributed by atoms with E-state index < -0.39 is 0 Å². The summed E-state index contributed by atoms with van der Waals surface area (Å²) in [6.45, 7) is 0.0832. The van der Waals surface area contributed by atoms with E-state index in [1.54, 1.807) is 12.1 Å². The average Bonchev–Trinajstić information content (AvgIpc) is 2.36. The zero-order chi connectivity index (χ0) is 8.27. The maximum absolute atomic E-state index is 8.97. The van der Waals surface area contributed by atoms with Crippen molar-refractivity contribution in [1.82, 2.24) is 0 Å². The van der Waals surface area contributed by atoms with Crippen molar-refractivity contribution >= 4 is 11.3 Å². The first-order valence-electron chi connectivity index (χ1n) is 3.39. The van der Waals surface area contributed by atoms with Gasteiger partial charge in [-0.15, -0.1) is 11.3 Å². The SMILES string of the molecule is NC(CCO)c1ccc(O)s1. The van der Waals surface area contributed by atoms with Gasteiger partial charge in [-0.1, -0.05) is 0 Å². The largest absolute Gasteiger partial charge is 0.499 e. The van der Waals surface area contributed by atoms with Gasteiger partial charge in [-0.25, -0.2) is 0 Å². The number of aliphatic hydroxyl groups is 1. The molecule has 0 spiro atoms. The van der Waals surface area contributed by atoms with Gasteiger partial charge < -0.3 is 15.9 Å². The second kappa shape index (κ2) is 3.71. The molecule has 3 nitrogen and oxygen atoms in total. The summed E-state index contributed by atoms with van der Waals surface area (Å²) in [5.74, 6) is 0. The number of aromatic hydroxyl groups is 1. The Morgan fingerprint density at radius 3 is 2.73 bits per heavy atom. The van der Waals surface area contributed by atoms with Crippen LogP contribution in [0.5, 0.6) is 5.06 Å². The maximum atomic E-state index is 8.97. The van der Waals surface area contributed by atoms with Crippen molar-refractivity contribution < 1.29 is 10.2 Å². The lowest BCUT2D eigenvalue weighted by Crippen LogP contribution is -2.09. The summed E-state index contributed by atoms with van der Waals surface area (Å²) in [6.07, 6.45) is 0.542. The molecule has 0 aliphatic carbocycles. The minimum absolute atomic E-state index is 0.0832. The fourth-order valence-electron chi connectivity index (χ4n) is 0.823. The van der Waals surface area contributed by atoms with Crippen molar-refractivity contribution in [3.05, 3.63) is 17.0 Å². The van der Waals surface area contributed by atoms with Crippen LogP contribution in [0, 0.1) is 0 Å². The first-order chi connectivity index (χ1) is 5.24. The third-order valence-electron chi connectivity index (χ3n) is 1.42. The third kappa shape index (κ3) is 2.18. The predicted octanol–water partition coefficient (Wildman–Crippen LogP) is 0.836. The fraction of sp³-hybridized carbons (Fsp3) is 0.429. The van der Waals surface area contributed by atoms with E-state index in [9.17, 15) is 0 Å². The molecule has 4 N–H and O–H groups in total. The van der Waals surface area contributed by atoms with Crippen LogP contribution >= 0.6 is 11.3 Å². The topological polar surface area (TPSA) is 66.5 Å². The molecular weight excluding hydrogens is 162 g/mol. The van der Waals surface area contributed by atoms with E-state index in [0.717, 1.165) is 4.88 Å². The number of hydrogen-bond acceptors (Lipinski definition) is 4. The van der Waals surface area contributed by atoms with Gasteiger partial charge in [0.15, 0.2) is 5.06 Å². The second-order valence-corrected chi connectivity index (χ2v) is 3.39. The van der Waals surface area contributed by atoms with Crippen LogP contribution in [0.25, 0.3) is 0 Å². The van der Waals surface area contributed by atoms with Crippen molar-refractivity contribution in [2.24, 2.45) is 5.73 Å². The molecule has 0 saturated heterocycles. The Balaban J connectivity index is 2.60. The summed E-state index contributed by atoms with van der Waals surface area (Å²) in [5.41, 5.74) is 5.66. The van der Waals surface area contributed by atoms with Gasteiger partial charge in [-0.2, -0.15) is 0 Å². The molecule has 1 atom stereocenters. The highest BCUT2D eigenvalue weighted by Crippen LogP contribution is 2.27. The average molecular weight is 173 g/mol. The van der Waals surface area contributed by atoms with Crippen LogP contribution in [0.4, 0.5) is 0 Å². The first-order valence-corrected chi connectivity index (χ1v) is 4.21. The Hall–Kier alpha value is -0.580. The van der Waals surface area contributed by atoms with Crippen LogP contribution in [-0.2, 0) is 0 Å². The number of thiophene rings is 1. The second-order valence-electron chi connectivity index (χ2n) is 2.29. The minimum Gasteiger partial charge on any atom is -0.499 e. The normalized spacial score (nSPS) is 13.3. The maximum Gasteiger partial charge on any atom is 0.171 e. The van der Waals surface area contributed by atoms with Crippen molar-refractivity contribution in [1.29, 1.82) is 0 Å². The quantitative estimate of drug-likeness (QED) is 0.634. The smallest absolute Gasteiger partial charge is 0.171 e. The Morgan fingerprint density at radius 2 is 2.27 bits per heavy atom. The molecule has 1 aromatic rings. The minimum atomic E-state index is -0.147. The Kier molecular flexibility index (Phi) is 2.87. The lowest BCUT2D eigenvalue weighted by Gasteiger charge is -2.05. The van der Waals surface area contributed by atoms with E-state index in [1.807, 2.05) is 0 Å². The van der Waals surface area contributed by atoms with Gasteiger partial charge in [0.05, 0.1) is 0 Å². The van der Waals surface area contributed by atoms with Crippen LogP contribution in [0.15, 0.2) is 12.1 Å². The zero-order valence-electron chi connectivity index (χ0n) is 6.03. The van der Waals surface area contributed by atoms with Crippen molar-refractivity contribution in [2.75, 3.05) is 6.61 Å². The number of aliphatic hydroxyl groups excluding tert-OH is 1. The van der Waals surface area contributed by atoms with Gasteiger partial charge in [0.2, 0.25) is 0 Å². The molecule has 0 aliphatic rings. The van der Waals surface area contributed by atoms with E-state index in [1.165, 1.54) is 11.3 Å². The Morgan fingerprint density at radius 1 is 1.55 bits per heavy atom. The molecule has 0 aromatic carbocycles. The number of rotatable bonds is 3. The molecule has 0 amide bonds. The van der Waals surface area contributed by atoms with E-state index in [4.69, 9.17) is 15.9 Å². The summed E-state index contributed by atoms with van der Waals surface area (Å²) >= 11 is 1.26. The lowest BCUT2D eigenvalue weighted by atomic mass is 10.2. The first kappa shape index (κ1) is 8.52. The standard InChI is InChI=1S/C7H11NO2S/c8-5(3-4-9)6-1-2-7(10)11-6/h1-2,5,9-10H,3-4,8H2. The molecule has 0 fully saturated rings. The summed E-state index contributed by atoms with van der Waals surface area (Å²) in [6, 6.07) is 3.24. The van der Waals surface area contributed by atoms with Gasteiger partial charge in [-0.3, -0.25) is 0 Å². The van der Waals surface area contributed by atoms with Crippen LogP contribution in [0.3, 0.4) is 0 Å². The van der Waals surface area contributed by atoms with E-state index in [-0.39, 0.29) is 17.7 Å². The molecule has 62 valence electrons. The summed E-state index contributed by atoms with van der Waals surface area (Å²) in [4.78, 5) is 0.913. The van der Waals surface area contributed by atoms with Crippen LogP contribution < -0.4 is 5.73 Å². The zero-order valence-corrected chi connectivity index (χ0v) is 6.84. The van der Waals surface area contributed by atoms with E-state index in [2.05, 4.69) is 0 Å². The molecule has 11 heavy (non-hydrogen) atoms. The predicted molar refractivity (Wildman–Crippen MR) is 44.6 cm³/mol. The monoisotopic (exact) mass is 173 g/mol. The Labute approximate surface area is 69.1 Å². The van der Waals surface area contributed by atoms with E-state index in [0.29, 0.717) is 6.42 Å². The molecule has 0 saturated carbocycles. The highest BCUT2D eigenvalue weighted by atomic mass is 32.1. The molecule has 1 aromatic heterocycles. The summed E-state index contributed by atoms with van der Waals surface area (Å²) in [5, 5.41) is 17.8. The van der Waals surface area contributed by atoms with Gasteiger partial charge in [-0.05, 0) is 18.6 Å². The van der Waals surface area contributed by atoms with Crippen LogP contribution in [0.2, 0.25) is 0 Å². The fourth-order valence-corrected chi connectivity index (χ4v) is 1.61. The number of nitrogens with two attached hydrogens (primary N) is 1. The molecule has 0 radical (unpaired) electrons.